The van der Waals surface area contributed by atoms with Crippen molar-refractivity contribution in [2.24, 2.45) is 0 Å². The average molecular weight is 318 g/mol. The predicted octanol–water partition coefficient (Wildman–Crippen LogP) is 4.09. The lowest BCUT2D eigenvalue weighted by atomic mass is 10.2. The number of hydrogen-bond acceptors (Lipinski definition) is 4. The van der Waals surface area contributed by atoms with E-state index in [2.05, 4.69) is 20.6 Å². The van der Waals surface area contributed by atoms with Crippen molar-refractivity contribution >= 4 is 23.2 Å². The summed E-state index contributed by atoms with van der Waals surface area (Å²) in [6, 6.07) is 15.5. The lowest BCUT2D eigenvalue weighted by Gasteiger charge is -2.08. The lowest BCUT2D eigenvalue weighted by molar-refractivity contribution is 0.102. The van der Waals surface area contributed by atoms with Crippen LogP contribution in [-0.2, 0) is 0 Å². The van der Waals surface area contributed by atoms with Crippen molar-refractivity contribution in [1.29, 1.82) is 0 Å². The Kier molecular flexibility index (Phi) is 4.52. The molecule has 3 rings (SSSR count). The molecule has 0 aliphatic heterocycles. The van der Waals surface area contributed by atoms with Gasteiger partial charge in [-0.25, -0.2) is 9.97 Å². The van der Waals surface area contributed by atoms with E-state index in [1.54, 1.807) is 0 Å². The van der Waals surface area contributed by atoms with Gasteiger partial charge in [-0.2, -0.15) is 0 Å². The molecule has 0 spiro atoms. The summed E-state index contributed by atoms with van der Waals surface area (Å²) >= 11 is 0. The van der Waals surface area contributed by atoms with E-state index in [1.807, 2.05) is 62.4 Å². The molecule has 0 aliphatic rings. The van der Waals surface area contributed by atoms with Crippen LogP contribution in [0.25, 0.3) is 0 Å². The topological polar surface area (TPSA) is 66.9 Å². The van der Waals surface area contributed by atoms with Crippen LogP contribution in [0.15, 0.2) is 60.9 Å². The molecule has 0 unspecified atom stereocenters. The van der Waals surface area contributed by atoms with E-state index >= 15 is 0 Å². The Balaban J connectivity index is 1.70. The van der Waals surface area contributed by atoms with Crippen molar-refractivity contribution in [2.45, 2.75) is 13.8 Å². The molecule has 0 bridgehead atoms. The molecule has 0 fully saturated rings. The highest BCUT2D eigenvalue weighted by molar-refractivity contribution is 6.04. The summed E-state index contributed by atoms with van der Waals surface area (Å²) < 4.78 is 0. The van der Waals surface area contributed by atoms with Crippen molar-refractivity contribution in [3.63, 3.8) is 0 Å². The molecule has 2 N–H and O–H groups in total. The fourth-order valence-corrected chi connectivity index (χ4v) is 2.27. The minimum atomic E-state index is -0.230. The molecular weight excluding hydrogens is 300 g/mol. The molecule has 5 nitrogen and oxygen atoms in total. The van der Waals surface area contributed by atoms with Gasteiger partial charge in [-0.15, -0.1) is 0 Å². The van der Waals surface area contributed by atoms with Gasteiger partial charge in [-0.1, -0.05) is 30.3 Å². The van der Waals surface area contributed by atoms with Crippen LogP contribution in [0.1, 0.15) is 21.5 Å². The minimum Gasteiger partial charge on any atom is -0.324 e. The fraction of sp³-hybridized carbons (Fsp3) is 0.105. The number of carbonyl (C=O) groups excluding carboxylic acids is 1. The Morgan fingerprint density at radius 1 is 0.958 bits per heavy atom. The molecule has 2 aromatic carbocycles. The summed E-state index contributed by atoms with van der Waals surface area (Å²) in [5.41, 5.74) is 4.25. The lowest BCUT2D eigenvalue weighted by Crippen LogP contribution is -2.13. The summed E-state index contributed by atoms with van der Waals surface area (Å²) in [6.45, 7) is 3.96. The van der Waals surface area contributed by atoms with Gasteiger partial charge < -0.3 is 10.6 Å². The number of para-hydroxylation sites is 1. The van der Waals surface area contributed by atoms with E-state index in [4.69, 9.17) is 0 Å². The minimum absolute atomic E-state index is 0.230. The number of amides is 1. The van der Waals surface area contributed by atoms with Crippen molar-refractivity contribution in [1.82, 2.24) is 9.97 Å². The Bertz CT molecular complexity index is 859. The van der Waals surface area contributed by atoms with Crippen LogP contribution in [0.2, 0.25) is 0 Å². The zero-order chi connectivity index (χ0) is 16.9. The molecule has 3 aromatic rings. The van der Waals surface area contributed by atoms with Gasteiger partial charge in [0.15, 0.2) is 0 Å². The van der Waals surface area contributed by atoms with Crippen LogP contribution >= 0.6 is 0 Å². The van der Waals surface area contributed by atoms with Gasteiger partial charge in [-0.3, -0.25) is 4.79 Å². The normalized spacial score (nSPS) is 10.2. The smallest absolute Gasteiger partial charge is 0.258 e. The van der Waals surface area contributed by atoms with Gasteiger partial charge in [0, 0.05) is 23.8 Å². The first-order valence-electron chi connectivity index (χ1n) is 7.64. The Labute approximate surface area is 140 Å². The second-order valence-corrected chi connectivity index (χ2v) is 5.56. The molecule has 1 amide bonds. The molecule has 24 heavy (non-hydrogen) atoms. The number of anilines is 3. The third kappa shape index (κ3) is 3.76. The van der Waals surface area contributed by atoms with Crippen LogP contribution in [0, 0.1) is 13.8 Å². The summed E-state index contributed by atoms with van der Waals surface area (Å²) in [7, 11) is 0. The molecule has 0 radical (unpaired) electrons. The molecular formula is C19H18N4O. The van der Waals surface area contributed by atoms with Gasteiger partial charge in [0.25, 0.3) is 5.91 Å². The zero-order valence-corrected chi connectivity index (χ0v) is 13.6. The van der Waals surface area contributed by atoms with E-state index in [0.29, 0.717) is 11.5 Å². The molecule has 0 aliphatic carbocycles. The van der Waals surface area contributed by atoms with Crippen LogP contribution in [0.3, 0.4) is 0 Å². The maximum absolute atomic E-state index is 12.3. The highest BCUT2D eigenvalue weighted by Gasteiger charge is 2.09. The summed E-state index contributed by atoms with van der Waals surface area (Å²) in [4.78, 5) is 20.7. The number of aromatic nitrogens is 2. The second kappa shape index (κ2) is 6.91. The highest BCUT2D eigenvalue weighted by atomic mass is 16.1. The summed E-state index contributed by atoms with van der Waals surface area (Å²) in [6.07, 6.45) is 3.03. The number of rotatable bonds is 4. The largest absolute Gasteiger partial charge is 0.324 e. The van der Waals surface area contributed by atoms with E-state index in [0.717, 1.165) is 22.5 Å². The maximum Gasteiger partial charge on any atom is 0.258 e. The number of carbonyl (C=O) groups is 1. The first kappa shape index (κ1) is 15.7. The van der Waals surface area contributed by atoms with Crippen LogP contribution in [0.5, 0.6) is 0 Å². The van der Waals surface area contributed by atoms with Gasteiger partial charge in [0.2, 0.25) is 5.95 Å². The summed E-state index contributed by atoms with van der Waals surface area (Å²) in [5.74, 6) is 0.222. The van der Waals surface area contributed by atoms with E-state index in [-0.39, 0.29) is 5.91 Å². The van der Waals surface area contributed by atoms with Crippen molar-refractivity contribution in [3.8, 4) is 0 Å². The van der Waals surface area contributed by atoms with Gasteiger partial charge in [0.1, 0.15) is 0 Å². The maximum atomic E-state index is 12.3. The Morgan fingerprint density at radius 2 is 1.71 bits per heavy atom. The third-order valence-electron chi connectivity index (χ3n) is 3.58. The monoisotopic (exact) mass is 318 g/mol. The van der Waals surface area contributed by atoms with Gasteiger partial charge in [0.05, 0.1) is 5.56 Å². The predicted molar refractivity (Wildman–Crippen MR) is 95.6 cm³/mol. The van der Waals surface area contributed by atoms with Crippen LogP contribution in [0.4, 0.5) is 17.3 Å². The number of nitrogens with zero attached hydrogens (tertiary/aromatic N) is 2. The fourth-order valence-electron chi connectivity index (χ4n) is 2.27. The number of nitrogens with one attached hydrogen (secondary N) is 2. The molecule has 0 saturated heterocycles. The molecule has 1 heterocycles. The number of benzene rings is 2. The molecule has 0 atom stereocenters. The zero-order valence-electron chi connectivity index (χ0n) is 13.6. The second-order valence-electron chi connectivity index (χ2n) is 5.56. The quantitative estimate of drug-likeness (QED) is 0.760. The molecule has 5 heteroatoms. The van der Waals surface area contributed by atoms with E-state index in [9.17, 15) is 4.79 Å². The molecule has 1 aromatic heterocycles. The first-order valence-corrected chi connectivity index (χ1v) is 7.64. The SMILES string of the molecule is Cc1cccc(Nc2ncc(C(=O)Nc3ccccc3C)cn2)c1. The highest BCUT2D eigenvalue weighted by Crippen LogP contribution is 2.16. The number of hydrogen-bond donors (Lipinski definition) is 2. The summed E-state index contributed by atoms with van der Waals surface area (Å²) in [5, 5.41) is 5.98. The Hall–Kier alpha value is -3.21. The van der Waals surface area contributed by atoms with E-state index < -0.39 is 0 Å². The standard InChI is InChI=1S/C19H18N4O/c1-13-6-5-8-16(10-13)22-19-20-11-15(12-21-19)18(24)23-17-9-4-3-7-14(17)2/h3-12H,1-2H3,(H,23,24)(H,20,21,22). The molecule has 120 valence electrons. The average Bonchev–Trinajstić information content (AvgIpc) is 2.57. The van der Waals surface area contributed by atoms with Crippen LogP contribution in [-0.4, -0.2) is 15.9 Å². The molecule has 0 saturated carbocycles. The van der Waals surface area contributed by atoms with E-state index in [1.165, 1.54) is 12.4 Å². The van der Waals surface area contributed by atoms with Gasteiger partial charge >= 0.3 is 0 Å². The van der Waals surface area contributed by atoms with Crippen molar-refractivity contribution in [2.75, 3.05) is 10.6 Å². The third-order valence-corrected chi connectivity index (χ3v) is 3.58. The van der Waals surface area contributed by atoms with Crippen molar-refractivity contribution < 1.29 is 4.79 Å². The van der Waals surface area contributed by atoms with Gasteiger partial charge in [-0.05, 0) is 43.2 Å². The van der Waals surface area contributed by atoms with Crippen LogP contribution < -0.4 is 10.6 Å². The first-order chi connectivity index (χ1) is 11.6. The Morgan fingerprint density at radius 3 is 2.42 bits per heavy atom. The van der Waals surface area contributed by atoms with Crippen molar-refractivity contribution in [3.05, 3.63) is 77.6 Å². The number of aryl methyl sites for hydroxylation is 2.